The van der Waals surface area contributed by atoms with Crippen LogP contribution in [-0.4, -0.2) is 55.5 Å². The molecule has 1 rings (SSSR count). The summed E-state index contributed by atoms with van der Waals surface area (Å²) in [5.41, 5.74) is -0.651. The van der Waals surface area contributed by atoms with Gasteiger partial charge in [0.25, 0.3) is 0 Å². The van der Waals surface area contributed by atoms with E-state index in [1.807, 2.05) is 24.3 Å². The molecule has 1 aromatic rings. The lowest BCUT2D eigenvalue weighted by Gasteiger charge is -2.22. The number of amides is 3. The summed E-state index contributed by atoms with van der Waals surface area (Å²) in [5.74, 6) is 0.295. The predicted octanol–water partition coefficient (Wildman–Crippen LogP) is 3.62. The van der Waals surface area contributed by atoms with Gasteiger partial charge in [-0.3, -0.25) is 20.4 Å². The summed E-state index contributed by atoms with van der Waals surface area (Å²) in [7, 11) is 1.57. The lowest BCUT2D eigenvalue weighted by Crippen LogP contribution is -2.47. The van der Waals surface area contributed by atoms with Crippen molar-refractivity contribution in [3.8, 4) is 5.75 Å². The Kier molecular flexibility index (Phi) is 11.1. The van der Waals surface area contributed by atoms with Crippen LogP contribution in [0.1, 0.15) is 53.5 Å². The van der Waals surface area contributed by atoms with Gasteiger partial charge in [0.1, 0.15) is 17.0 Å². The van der Waals surface area contributed by atoms with Gasteiger partial charge in [0.15, 0.2) is 0 Å². The van der Waals surface area contributed by atoms with Crippen LogP contribution in [0.25, 0.3) is 6.08 Å². The summed E-state index contributed by atoms with van der Waals surface area (Å²) in [6.07, 6.45) is 2.01. The first-order valence-electron chi connectivity index (χ1n) is 10.9. The normalized spacial score (nSPS) is 11.4. The maximum Gasteiger partial charge on any atom is 0.414 e. The molecule has 0 heterocycles. The second-order valence-electron chi connectivity index (χ2n) is 9.20. The lowest BCUT2D eigenvalue weighted by atomic mass is 10.2. The quantitative estimate of drug-likeness (QED) is 0.239. The molecule has 10 nitrogen and oxygen atoms in total. The molecule has 34 heavy (non-hydrogen) atoms. The minimum Gasteiger partial charge on any atom is -0.496 e. The summed E-state index contributed by atoms with van der Waals surface area (Å²) in [5, 5.41) is 7.56. The Labute approximate surface area is 201 Å². The molecule has 10 heteroatoms. The minimum atomic E-state index is -0.767. The van der Waals surface area contributed by atoms with Crippen LogP contribution in [-0.2, 0) is 14.3 Å². The standard InChI is InChI=1S/C24H36N4O6/c1-23(2,3)33-21(30)27-20(28-22(31)34-24(4,5)6)26-16-10-15-25-19(29)14-13-17-11-8-9-12-18(17)32-7/h8-9,11-14H,10,15-16H2,1-7H3,(H,25,29)(H2,26,27,28,30,31)/b14-13+. The molecule has 0 saturated carbocycles. The smallest absolute Gasteiger partial charge is 0.414 e. The lowest BCUT2D eigenvalue weighted by molar-refractivity contribution is -0.116. The largest absolute Gasteiger partial charge is 0.496 e. The van der Waals surface area contributed by atoms with Gasteiger partial charge in [-0.1, -0.05) is 18.2 Å². The SMILES string of the molecule is COc1ccccc1/C=C/C(=O)NCCCN=C(NC(=O)OC(C)(C)C)NC(=O)OC(C)(C)C. The molecule has 0 fully saturated rings. The monoisotopic (exact) mass is 476 g/mol. The van der Waals surface area contributed by atoms with Gasteiger partial charge in [-0.25, -0.2) is 9.59 Å². The number of para-hydroxylation sites is 1. The summed E-state index contributed by atoms with van der Waals surface area (Å²) >= 11 is 0. The van der Waals surface area contributed by atoms with Gasteiger partial charge in [0, 0.05) is 24.7 Å². The molecular formula is C24H36N4O6. The van der Waals surface area contributed by atoms with Gasteiger partial charge >= 0.3 is 12.2 Å². The molecule has 0 radical (unpaired) electrons. The fraction of sp³-hybridized carbons (Fsp3) is 0.500. The van der Waals surface area contributed by atoms with Crippen LogP contribution < -0.4 is 20.7 Å². The van der Waals surface area contributed by atoms with Crippen molar-refractivity contribution >= 4 is 30.1 Å². The van der Waals surface area contributed by atoms with E-state index in [-0.39, 0.29) is 18.4 Å². The van der Waals surface area contributed by atoms with E-state index in [1.54, 1.807) is 54.7 Å². The number of carbonyl (C=O) groups is 3. The fourth-order valence-corrected chi connectivity index (χ4v) is 2.42. The van der Waals surface area contributed by atoms with Crippen LogP contribution in [0.2, 0.25) is 0 Å². The number of guanidine groups is 1. The third-order valence-corrected chi connectivity index (χ3v) is 3.70. The zero-order valence-corrected chi connectivity index (χ0v) is 21.0. The van der Waals surface area contributed by atoms with Crippen LogP contribution >= 0.6 is 0 Å². The fourth-order valence-electron chi connectivity index (χ4n) is 2.42. The molecule has 0 aliphatic rings. The second-order valence-corrected chi connectivity index (χ2v) is 9.20. The van der Waals surface area contributed by atoms with Gasteiger partial charge < -0.3 is 19.5 Å². The summed E-state index contributed by atoms with van der Waals surface area (Å²) in [4.78, 5) is 40.4. The Morgan fingerprint density at radius 1 is 0.941 bits per heavy atom. The molecule has 0 spiro atoms. The number of benzene rings is 1. The van der Waals surface area contributed by atoms with E-state index >= 15 is 0 Å². The van der Waals surface area contributed by atoms with Gasteiger partial charge in [-0.05, 0) is 60.1 Å². The average Bonchev–Trinajstić information content (AvgIpc) is 2.69. The van der Waals surface area contributed by atoms with Crippen molar-refractivity contribution in [3.63, 3.8) is 0 Å². The third kappa shape index (κ3) is 13.1. The number of carbonyl (C=O) groups excluding carboxylic acids is 3. The molecule has 0 atom stereocenters. The Morgan fingerprint density at radius 3 is 2.03 bits per heavy atom. The van der Waals surface area contributed by atoms with Crippen LogP contribution in [0, 0.1) is 0 Å². The number of alkyl carbamates (subject to hydrolysis) is 2. The number of nitrogens with one attached hydrogen (secondary N) is 3. The van der Waals surface area contributed by atoms with Crippen molar-refractivity contribution in [1.82, 2.24) is 16.0 Å². The average molecular weight is 477 g/mol. The molecule has 3 N–H and O–H groups in total. The van der Waals surface area contributed by atoms with E-state index in [2.05, 4.69) is 20.9 Å². The first kappa shape index (κ1) is 28.5. The topological polar surface area (TPSA) is 127 Å². The van der Waals surface area contributed by atoms with Gasteiger partial charge in [0.2, 0.25) is 11.9 Å². The Bertz CT molecular complexity index is 865. The highest BCUT2D eigenvalue weighted by Crippen LogP contribution is 2.18. The summed E-state index contributed by atoms with van der Waals surface area (Å²) < 4.78 is 15.6. The zero-order valence-electron chi connectivity index (χ0n) is 21.0. The van der Waals surface area contributed by atoms with E-state index in [0.29, 0.717) is 18.7 Å². The third-order valence-electron chi connectivity index (χ3n) is 3.70. The summed E-state index contributed by atoms with van der Waals surface area (Å²) in [6.45, 7) is 10.9. The van der Waals surface area contributed by atoms with Crippen molar-refractivity contribution in [2.45, 2.75) is 59.2 Å². The first-order valence-corrected chi connectivity index (χ1v) is 10.9. The van der Waals surface area contributed by atoms with Gasteiger partial charge in [-0.2, -0.15) is 0 Å². The number of aliphatic imine (C=N–C) groups is 1. The van der Waals surface area contributed by atoms with Crippen LogP contribution in [0.3, 0.4) is 0 Å². The summed E-state index contributed by atoms with van der Waals surface area (Å²) in [6, 6.07) is 7.35. The van der Waals surface area contributed by atoms with Crippen molar-refractivity contribution < 1.29 is 28.6 Å². The number of rotatable bonds is 7. The highest BCUT2D eigenvalue weighted by molar-refractivity contribution is 6.01. The van der Waals surface area contributed by atoms with Crippen molar-refractivity contribution in [2.24, 2.45) is 4.99 Å². The number of hydrogen-bond donors (Lipinski definition) is 3. The number of ether oxygens (including phenoxy) is 3. The molecule has 0 unspecified atom stereocenters. The van der Waals surface area contributed by atoms with Crippen molar-refractivity contribution in [1.29, 1.82) is 0 Å². The molecule has 0 bridgehead atoms. The Hall–Kier alpha value is -3.56. The van der Waals surface area contributed by atoms with E-state index in [0.717, 1.165) is 5.56 Å². The maximum atomic E-state index is 12.1. The number of hydrogen-bond acceptors (Lipinski definition) is 7. The van der Waals surface area contributed by atoms with Gasteiger partial charge in [0.05, 0.1) is 7.11 Å². The van der Waals surface area contributed by atoms with Crippen molar-refractivity contribution in [2.75, 3.05) is 20.2 Å². The maximum absolute atomic E-state index is 12.1. The van der Waals surface area contributed by atoms with E-state index in [9.17, 15) is 14.4 Å². The molecule has 188 valence electrons. The van der Waals surface area contributed by atoms with Crippen LogP contribution in [0.15, 0.2) is 35.3 Å². The molecule has 0 aliphatic heterocycles. The zero-order chi connectivity index (χ0) is 25.8. The Morgan fingerprint density at radius 2 is 1.50 bits per heavy atom. The molecule has 0 aliphatic carbocycles. The highest BCUT2D eigenvalue weighted by atomic mass is 16.6. The second kappa shape index (κ2) is 13.2. The van der Waals surface area contributed by atoms with Crippen LogP contribution in [0.4, 0.5) is 9.59 Å². The molecule has 1 aromatic carbocycles. The Balaban J connectivity index is 2.61. The molecular weight excluding hydrogens is 440 g/mol. The van der Waals surface area contributed by atoms with E-state index < -0.39 is 23.4 Å². The molecule has 0 saturated heterocycles. The van der Waals surface area contributed by atoms with E-state index in [1.165, 1.54) is 6.08 Å². The predicted molar refractivity (Wildman–Crippen MR) is 131 cm³/mol. The molecule has 0 aromatic heterocycles. The first-order chi connectivity index (χ1) is 15.8. The number of methoxy groups -OCH3 is 1. The minimum absolute atomic E-state index is 0.106. The van der Waals surface area contributed by atoms with Crippen molar-refractivity contribution in [3.05, 3.63) is 35.9 Å². The van der Waals surface area contributed by atoms with E-state index in [4.69, 9.17) is 14.2 Å². The number of nitrogens with zero attached hydrogens (tertiary/aromatic N) is 1. The highest BCUT2D eigenvalue weighted by Gasteiger charge is 2.21. The molecule has 3 amide bonds. The van der Waals surface area contributed by atoms with Gasteiger partial charge in [-0.15, -0.1) is 0 Å². The van der Waals surface area contributed by atoms with Crippen LogP contribution in [0.5, 0.6) is 5.75 Å².